The molecule has 1 N–H and O–H groups in total. The van der Waals surface area contributed by atoms with Gasteiger partial charge in [-0.15, -0.1) is 0 Å². The van der Waals surface area contributed by atoms with Crippen LogP contribution >= 0.6 is 0 Å². The Labute approximate surface area is 154 Å². The molecular formula is C21H26N2O3. The van der Waals surface area contributed by atoms with Gasteiger partial charge < -0.3 is 19.7 Å². The zero-order valence-corrected chi connectivity index (χ0v) is 15.4. The van der Waals surface area contributed by atoms with Crippen molar-refractivity contribution in [3.8, 4) is 5.75 Å². The third-order valence-electron chi connectivity index (χ3n) is 4.18. The number of hydrogen-bond donors (Lipinski definition) is 1. The zero-order valence-electron chi connectivity index (χ0n) is 15.4. The number of rotatable bonds is 6. The summed E-state index contributed by atoms with van der Waals surface area (Å²) in [5, 5.41) is 2.94. The second-order valence-electron chi connectivity index (χ2n) is 6.83. The fourth-order valence-corrected chi connectivity index (χ4v) is 2.77. The molecule has 1 saturated heterocycles. The third-order valence-corrected chi connectivity index (χ3v) is 4.18. The predicted octanol–water partition coefficient (Wildman–Crippen LogP) is 3.81. The molecule has 5 nitrogen and oxygen atoms in total. The lowest BCUT2D eigenvalue weighted by Crippen LogP contribution is -2.36. The van der Waals surface area contributed by atoms with Crippen molar-refractivity contribution in [2.45, 2.75) is 13.8 Å². The van der Waals surface area contributed by atoms with Gasteiger partial charge in [-0.2, -0.15) is 0 Å². The lowest BCUT2D eigenvalue weighted by molar-refractivity contribution is 0.102. The van der Waals surface area contributed by atoms with Gasteiger partial charge >= 0.3 is 0 Å². The molecule has 2 aromatic carbocycles. The van der Waals surface area contributed by atoms with E-state index < -0.39 is 0 Å². The fourth-order valence-electron chi connectivity index (χ4n) is 2.77. The van der Waals surface area contributed by atoms with Crippen LogP contribution in [-0.4, -0.2) is 38.8 Å². The van der Waals surface area contributed by atoms with Gasteiger partial charge in [0.15, 0.2) is 0 Å². The normalized spacial score (nSPS) is 14.3. The highest BCUT2D eigenvalue weighted by Crippen LogP contribution is 2.20. The van der Waals surface area contributed by atoms with E-state index in [0.29, 0.717) is 23.8 Å². The van der Waals surface area contributed by atoms with Crippen molar-refractivity contribution in [1.29, 1.82) is 0 Å². The standard InChI is InChI=1S/C21H26N2O3/c1-16(2)15-26-20-5-3-4-17(14-20)21(24)22-18-6-8-19(9-7-18)23-10-12-25-13-11-23/h3-9,14,16H,10-13,15H2,1-2H3,(H,22,24). The van der Waals surface area contributed by atoms with Gasteiger partial charge in [-0.05, 0) is 48.4 Å². The molecule has 1 heterocycles. The lowest BCUT2D eigenvalue weighted by Gasteiger charge is -2.28. The summed E-state index contributed by atoms with van der Waals surface area (Å²) in [5.74, 6) is 1.02. The number of anilines is 2. The van der Waals surface area contributed by atoms with Crippen LogP contribution in [0, 0.1) is 5.92 Å². The van der Waals surface area contributed by atoms with Crippen LogP contribution in [0.3, 0.4) is 0 Å². The first kappa shape index (κ1) is 18.3. The van der Waals surface area contributed by atoms with E-state index in [1.807, 2.05) is 36.4 Å². The summed E-state index contributed by atoms with van der Waals surface area (Å²) in [4.78, 5) is 14.8. The molecule has 138 valence electrons. The topological polar surface area (TPSA) is 50.8 Å². The minimum absolute atomic E-state index is 0.140. The molecule has 3 rings (SSSR count). The maximum atomic E-state index is 12.5. The average molecular weight is 354 g/mol. The Kier molecular flexibility index (Phi) is 6.12. The van der Waals surface area contributed by atoms with E-state index in [2.05, 4.69) is 24.1 Å². The highest BCUT2D eigenvalue weighted by Gasteiger charge is 2.12. The van der Waals surface area contributed by atoms with Crippen molar-refractivity contribution in [2.75, 3.05) is 43.1 Å². The van der Waals surface area contributed by atoms with Crippen LogP contribution in [0.25, 0.3) is 0 Å². The summed E-state index contributed by atoms with van der Waals surface area (Å²) in [6.45, 7) is 8.13. The van der Waals surface area contributed by atoms with Crippen LogP contribution in [0.1, 0.15) is 24.2 Å². The molecule has 26 heavy (non-hydrogen) atoms. The number of carbonyl (C=O) groups is 1. The average Bonchev–Trinajstić information content (AvgIpc) is 2.68. The van der Waals surface area contributed by atoms with Gasteiger partial charge in [-0.3, -0.25) is 4.79 Å². The molecule has 0 radical (unpaired) electrons. The Morgan fingerprint density at radius 2 is 1.88 bits per heavy atom. The maximum absolute atomic E-state index is 12.5. The number of nitrogens with one attached hydrogen (secondary N) is 1. The highest BCUT2D eigenvalue weighted by molar-refractivity contribution is 6.04. The summed E-state index contributed by atoms with van der Waals surface area (Å²) < 4.78 is 11.1. The van der Waals surface area contributed by atoms with Gasteiger partial charge in [0.25, 0.3) is 5.91 Å². The van der Waals surface area contributed by atoms with E-state index >= 15 is 0 Å². The second kappa shape index (κ2) is 8.72. The van der Waals surface area contributed by atoms with Crippen LogP contribution in [0.15, 0.2) is 48.5 Å². The molecular weight excluding hydrogens is 328 g/mol. The second-order valence-corrected chi connectivity index (χ2v) is 6.83. The molecule has 1 amide bonds. The van der Waals surface area contributed by atoms with Crippen LogP contribution < -0.4 is 15.0 Å². The molecule has 1 aliphatic heterocycles. The van der Waals surface area contributed by atoms with Crippen molar-refractivity contribution < 1.29 is 14.3 Å². The Balaban J connectivity index is 1.61. The van der Waals surface area contributed by atoms with Crippen LogP contribution in [0.4, 0.5) is 11.4 Å². The van der Waals surface area contributed by atoms with Gasteiger partial charge in [0.1, 0.15) is 5.75 Å². The minimum Gasteiger partial charge on any atom is -0.493 e. The first-order valence-electron chi connectivity index (χ1n) is 9.09. The fraction of sp³-hybridized carbons (Fsp3) is 0.381. The molecule has 1 fully saturated rings. The summed E-state index contributed by atoms with van der Waals surface area (Å²) in [6.07, 6.45) is 0. The van der Waals surface area contributed by atoms with Gasteiger partial charge in [-0.25, -0.2) is 0 Å². The molecule has 0 atom stereocenters. The summed E-state index contributed by atoms with van der Waals surface area (Å²) in [7, 11) is 0. The lowest BCUT2D eigenvalue weighted by atomic mass is 10.2. The van der Waals surface area contributed by atoms with Crippen molar-refractivity contribution in [3.63, 3.8) is 0 Å². The minimum atomic E-state index is -0.140. The highest BCUT2D eigenvalue weighted by atomic mass is 16.5. The molecule has 0 aromatic heterocycles. The van der Waals surface area contributed by atoms with E-state index in [-0.39, 0.29) is 5.91 Å². The first-order chi connectivity index (χ1) is 12.6. The summed E-state index contributed by atoms with van der Waals surface area (Å²) in [5.41, 5.74) is 2.51. The van der Waals surface area contributed by atoms with Crippen molar-refractivity contribution in [3.05, 3.63) is 54.1 Å². The monoisotopic (exact) mass is 354 g/mol. The summed E-state index contributed by atoms with van der Waals surface area (Å²) >= 11 is 0. The number of morpholine rings is 1. The molecule has 1 aliphatic rings. The molecule has 0 unspecified atom stereocenters. The van der Waals surface area contributed by atoms with Gasteiger partial charge in [0.05, 0.1) is 19.8 Å². The Morgan fingerprint density at radius 3 is 2.58 bits per heavy atom. The Hall–Kier alpha value is -2.53. The quantitative estimate of drug-likeness (QED) is 0.857. The molecule has 5 heteroatoms. The van der Waals surface area contributed by atoms with Crippen LogP contribution in [0.2, 0.25) is 0 Å². The molecule has 0 aliphatic carbocycles. The number of benzene rings is 2. The third kappa shape index (κ3) is 4.99. The van der Waals surface area contributed by atoms with E-state index in [9.17, 15) is 4.79 Å². The number of amides is 1. The number of hydrogen-bond acceptors (Lipinski definition) is 4. The SMILES string of the molecule is CC(C)COc1cccc(C(=O)Nc2ccc(N3CCOCC3)cc2)c1. The number of carbonyl (C=O) groups excluding carboxylic acids is 1. The smallest absolute Gasteiger partial charge is 0.255 e. The van der Waals surface area contributed by atoms with E-state index in [1.165, 1.54) is 0 Å². The van der Waals surface area contributed by atoms with Crippen molar-refractivity contribution in [2.24, 2.45) is 5.92 Å². The molecule has 0 spiro atoms. The van der Waals surface area contributed by atoms with E-state index in [0.717, 1.165) is 37.7 Å². The number of ether oxygens (including phenoxy) is 2. The van der Waals surface area contributed by atoms with Gasteiger partial charge in [-0.1, -0.05) is 19.9 Å². The van der Waals surface area contributed by atoms with E-state index in [1.54, 1.807) is 12.1 Å². The van der Waals surface area contributed by atoms with Gasteiger partial charge in [0.2, 0.25) is 0 Å². The Bertz CT molecular complexity index is 722. The Morgan fingerprint density at radius 1 is 1.15 bits per heavy atom. The summed E-state index contributed by atoms with van der Waals surface area (Å²) in [6, 6.07) is 15.2. The number of nitrogens with zero attached hydrogens (tertiary/aromatic N) is 1. The maximum Gasteiger partial charge on any atom is 0.255 e. The van der Waals surface area contributed by atoms with E-state index in [4.69, 9.17) is 9.47 Å². The molecule has 2 aromatic rings. The van der Waals surface area contributed by atoms with Gasteiger partial charge in [0, 0.05) is 30.0 Å². The largest absolute Gasteiger partial charge is 0.493 e. The van der Waals surface area contributed by atoms with Crippen LogP contribution in [-0.2, 0) is 4.74 Å². The molecule has 0 saturated carbocycles. The predicted molar refractivity (Wildman–Crippen MR) is 104 cm³/mol. The molecule has 0 bridgehead atoms. The van der Waals surface area contributed by atoms with Crippen LogP contribution in [0.5, 0.6) is 5.75 Å². The van der Waals surface area contributed by atoms with Crippen molar-refractivity contribution >= 4 is 17.3 Å². The van der Waals surface area contributed by atoms with Crippen molar-refractivity contribution in [1.82, 2.24) is 0 Å². The first-order valence-corrected chi connectivity index (χ1v) is 9.09. The zero-order chi connectivity index (χ0) is 18.4.